The normalized spacial score (nSPS) is 14.0. The van der Waals surface area contributed by atoms with Crippen molar-refractivity contribution in [3.8, 4) is 5.40 Å². The summed E-state index contributed by atoms with van der Waals surface area (Å²) < 4.78 is 0. The molecule has 0 aliphatic heterocycles. The minimum Gasteiger partial charge on any atom is -0.303 e. The number of nitrogens with zero attached hydrogens (tertiary/aromatic N) is 1. The predicted octanol–water partition coefficient (Wildman–Crippen LogP) is 2.57. The number of benzene rings is 1. The summed E-state index contributed by atoms with van der Waals surface area (Å²) in [4.78, 5) is 10.9. The second kappa shape index (κ2) is 5.46. The molecule has 2 atom stereocenters. The third-order valence-electron chi connectivity index (χ3n) is 2.08. The Kier molecular flexibility index (Phi) is 4.21. The molecule has 0 N–H and O–H groups in total. The summed E-state index contributed by atoms with van der Waals surface area (Å²) in [6.07, 6.45) is 0.907. The van der Waals surface area contributed by atoms with Crippen molar-refractivity contribution in [1.82, 2.24) is 0 Å². The maximum Gasteiger partial charge on any atom is 0.133 e. The molecule has 1 aromatic carbocycles. The molecule has 0 radical (unpaired) electrons. The number of thiocyanates is 1. The lowest BCUT2D eigenvalue weighted by atomic mass is 9.98. The summed E-state index contributed by atoms with van der Waals surface area (Å²) in [5, 5.41) is 10.5. The van der Waals surface area contributed by atoms with Gasteiger partial charge in [0.15, 0.2) is 0 Å². The summed E-state index contributed by atoms with van der Waals surface area (Å²) in [5.74, 6) is -0.194. The second-order valence-corrected chi connectivity index (χ2v) is 4.15. The van der Waals surface area contributed by atoms with E-state index in [9.17, 15) is 4.79 Å². The van der Waals surface area contributed by atoms with Gasteiger partial charge in [-0.1, -0.05) is 37.3 Å². The topological polar surface area (TPSA) is 40.9 Å². The van der Waals surface area contributed by atoms with Gasteiger partial charge >= 0.3 is 0 Å². The molecule has 1 aromatic rings. The van der Waals surface area contributed by atoms with Crippen LogP contribution >= 0.6 is 11.8 Å². The van der Waals surface area contributed by atoms with Crippen molar-refractivity contribution in [1.29, 1.82) is 5.26 Å². The first-order chi connectivity index (χ1) is 6.79. The molecule has 1 rings (SSSR count). The number of rotatable bonds is 4. The fourth-order valence-electron chi connectivity index (χ4n) is 1.29. The molecule has 2 nitrogen and oxygen atoms in total. The van der Waals surface area contributed by atoms with Crippen molar-refractivity contribution < 1.29 is 4.79 Å². The Morgan fingerprint density at radius 1 is 1.43 bits per heavy atom. The minimum atomic E-state index is -0.194. The van der Waals surface area contributed by atoms with Crippen LogP contribution in [0.3, 0.4) is 0 Å². The highest BCUT2D eigenvalue weighted by molar-refractivity contribution is 8.04. The molecule has 0 aromatic heterocycles. The number of thioether (sulfide) groups is 1. The highest BCUT2D eigenvalue weighted by atomic mass is 32.2. The van der Waals surface area contributed by atoms with Crippen LogP contribution in [0.4, 0.5) is 0 Å². The summed E-state index contributed by atoms with van der Waals surface area (Å²) >= 11 is 1.13. The molecular weight excluding hydrogens is 194 g/mol. The molecule has 0 spiro atoms. The van der Waals surface area contributed by atoms with Gasteiger partial charge in [-0.15, -0.1) is 0 Å². The number of nitriles is 1. The molecule has 0 saturated carbocycles. The van der Waals surface area contributed by atoms with E-state index in [2.05, 4.69) is 0 Å². The molecule has 2 unspecified atom stereocenters. The van der Waals surface area contributed by atoms with Crippen molar-refractivity contribution in [2.75, 3.05) is 0 Å². The van der Waals surface area contributed by atoms with E-state index in [1.165, 1.54) is 0 Å². The van der Waals surface area contributed by atoms with Crippen LogP contribution in [-0.4, -0.2) is 11.5 Å². The maximum atomic E-state index is 10.9. The van der Waals surface area contributed by atoms with E-state index in [4.69, 9.17) is 5.26 Å². The van der Waals surface area contributed by atoms with Crippen LogP contribution < -0.4 is 0 Å². The van der Waals surface area contributed by atoms with Crippen LogP contribution in [0.2, 0.25) is 0 Å². The number of carbonyl (C=O) groups is 1. The summed E-state index contributed by atoms with van der Waals surface area (Å²) in [6.45, 7) is 1.89. The van der Waals surface area contributed by atoms with Crippen LogP contribution in [0.15, 0.2) is 30.3 Å². The van der Waals surface area contributed by atoms with Gasteiger partial charge in [-0.25, -0.2) is 0 Å². The van der Waals surface area contributed by atoms with Gasteiger partial charge in [-0.05, 0) is 17.3 Å². The van der Waals surface area contributed by atoms with Gasteiger partial charge in [0.1, 0.15) is 11.7 Å². The van der Waals surface area contributed by atoms with E-state index in [0.717, 1.165) is 23.6 Å². The Bertz CT molecular complexity index is 331. The summed E-state index contributed by atoms with van der Waals surface area (Å²) in [6, 6.07) is 9.53. The molecule has 0 amide bonds. The van der Waals surface area contributed by atoms with Gasteiger partial charge in [0, 0.05) is 5.25 Å². The van der Waals surface area contributed by atoms with E-state index in [0.29, 0.717) is 0 Å². The lowest BCUT2D eigenvalue weighted by Crippen LogP contribution is -2.12. The lowest BCUT2D eigenvalue weighted by molar-refractivity contribution is -0.109. The molecule has 72 valence electrons. The maximum absolute atomic E-state index is 10.9. The zero-order chi connectivity index (χ0) is 10.4. The molecule has 0 fully saturated rings. The molecule has 14 heavy (non-hydrogen) atoms. The monoisotopic (exact) mass is 205 g/mol. The third-order valence-corrected chi connectivity index (χ3v) is 2.85. The number of hydrogen-bond acceptors (Lipinski definition) is 3. The van der Waals surface area contributed by atoms with Crippen molar-refractivity contribution in [2.45, 2.75) is 18.1 Å². The quantitative estimate of drug-likeness (QED) is 0.560. The first-order valence-electron chi connectivity index (χ1n) is 4.34. The third kappa shape index (κ3) is 2.61. The van der Waals surface area contributed by atoms with Crippen LogP contribution in [0.5, 0.6) is 0 Å². The number of hydrogen-bond donors (Lipinski definition) is 0. The molecule has 0 bridgehead atoms. The van der Waals surface area contributed by atoms with Crippen molar-refractivity contribution in [2.24, 2.45) is 0 Å². The van der Waals surface area contributed by atoms with Crippen molar-refractivity contribution >= 4 is 18.0 Å². The van der Waals surface area contributed by atoms with E-state index in [-0.39, 0.29) is 11.2 Å². The van der Waals surface area contributed by atoms with Gasteiger partial charge in [0.25, 0.3) is 0 Å². The van der Waals surface area contributed by atoms with Crippen LogP contribution in [0.25, 0.3) is 0 Å². The zero-order valence-electron chi connectivity index (χ0n) is 7.88. The Morgan fingerprint density at radius 3 is 2.57 bits per heavy atom. The van der Waals surface area contributed by atoms with Gasteiger partial charge < -0.3 is 4.79 Å². The highest BCUT2D eigenvalue weighted by Gasteiger charge is 2.18. The average Bonchev–Trinajstić information content (AvgIpc) is 2.21. The van der Waals surface area contributed by atoms with E-state index in [1.54, 1.807) is 0 Å². The molecular formula is C11H11NOS. The fourth-order valence-corrected chi connectivity index (χ4v) is 1.83. The van der Waals surface area contributed by atoms with Crippen molar-refractivity contribution in [3.05, 3.63) is 35.9 Å². The molecule has 0 heterocycles. The first-order valence-corrected chi connectivity index (χ1v) is 5.22. The summed E-state index contributed by atoms with van der Waals surface area (Å²) in [5.41, 5.74) is 0.970. The molecule has 3 heteroatoms. The second-order valence-electron chi connectivity index (χ2n) is 2.99. The Morgan fingerprint density at radius 2 is 2.07 bits per heavy atom. The van der Waals surface area contributed by atoms with Crippen LogP contribution in [-0.2, 0) is 4.79 Å². The van der Waals surface area contributed by atoms with E-state index in [1.807, 2.05) is 42.7 Å². The number of carbonyl (C=O) groups excluding carboxylic acids is 1. The van der Waals surface area contributed by atoms with Crippen molar-refractivity contribution in [3.63, 3.8) is 0 Å². The summed E-state index contributed by atoms with van der Waals surface area (Å²) in [7, 11) is 0. The molecule has 0 saturated heterocycles. The Hall–Kier alpha value is -1.27. The van der Waals surface area contributed by atoms with E-state index < -0.39 is 0 Å². The van der Waals surface area contributed by atoms with E-state index >= 15 is 0 Å². The molecule has 0 aliphatic rings. The van der Waals surface area contributed by atoms with Crippen LogP contribution in [0, 0.1) is 10.7 Å². The van der Waals surface area contributed by atoms with Crippen LogP contribution in [0.1, 0.15) is 18.4 Å². The van der Waals surface area contributed by atoms with Gasteiger partial charge in [-0.3, -0.25) is 0 Å². The largest absolute Gasteiger partial charge is 0.303 e. The predicted molar refractivity (Wildman–Crippen MR) is 57.9 cm³/mol. The SMILES string of the molecule is CC(SC#N)C(C=O)c1ccccc1. The number of aldehydes is 1. The Balaban J connectivity index is 2.83. The minimum absolute atomic E-state index is 0.0000926. The van der Waals surface area contributed by atoms with Gasteiger partial charge in [-0.2, -0.15) is 5.26 Å². The fraction of sp³-hybridized carbons (Fsp3) is 0.273. The Labute approximate surface area is 87.9 Å². The smallest absolute Gasteiger partial charge is 0.133 e. The lowest BCUT2D eigenvalue weighted by Gasteiger charge is -2.14. The van der Waals surface area contributed by atoms with Gasteiger partial charge in [0.2, 0.25) is 0 Å². The van der Waals surface area contributed by atoms with Gasteiger partial charge in [0.05, 0.1) is 5.92 Å². The molecule has 0 aliphatic carbocycles. The zero-order valence-corrected chi connectivity index (χ0v) is 8.70. The highest BCUT2D eigenvalue weighted by Crippen LogP contribution is 2.25. The standard InChI is InChI=1S/C11H11NOS/c1-9(14-8-12)11(7-13)10-5-3-2-4-6-10/h2-7,9,11H,1H3. The first kappa shape index (κ1) is 10.8. The average molecular weight is 205 g/mol.